The van der Waals surface area contributed by atoms with Crippen LogP contribution in [0.5, 0.6) is 0 Å². The van der Waals surface area contributed by atoms with Gasteiger partial charge in [-0.15, -0.1) is 0 Å². The first kappa shape index (κ1) is 24.7. The molecule has 0 unspecified atom stereocenters. The zero-order chi connectivity index (χ0) is 23.5. The molecule has 0 spiro atoms. The van der Waals surface area contributed by atoms with Gasteiger partial charge in [0.25, 0.3) is 0 Å². The molecule has 0 aliphatic carbocycles. The van der Waals surface area contributed by atoms with Crippen LogP contribution in [0.3, 0.4) is 0 Å². The van der Waals surface area contributed by atoms with Gasteiger partial charge in [-0.2, -0.15) is 4.31 Å². The molecule has 3 rings (SSSR count). The molecule has 0 atom stereocenters. The predicted molar refractivity (Wildman–Crippen MR) is 123 cm³/mol. The fraction of sp³-hybridized carbons (Fsp3) is 0.316. The quantitative estimate of drug-likeness (QED) is 0.598. The van der Waals surface area contributed by atoms with E-state index in [9.17, 15) is 21.6 Å². The molecule has 1 aliphatic heterocycles. The van der Waals surface area contributed by atoms with E-state index in [0.717, 1.165) is 10.6 Å². The number of anilines is 2. The van der Waals surface area contributed by atoms with Crippen molar-refractivity contribution in [3.63, 3.8) is 0 Å². The number of ether oxygens (including phenoxy) is 1. The molecule has 1 saturated heterocycles. The smallest absolute Gasteiger partial charge is 0.245 e. The summed E-state index contributed by atoms with van der Waals surface area (Å²) in [5.41, 5.74) is 0.423. The lowest BCUT2D eigenvalue weighted by atomic mass is 10.3. The normalized spacial score (nSPS) is 15.3. The van der Waals surface area contributed by atoms with Crippen molar-refractivity contribution in [3.05, 3.63) is 52.5 Å². The number of halogens is 2. The van der Waals surface area contributed by atoms with Crippen LogP contribution in [0.15, 0.2) is 47.4 Å². The Morgan fingerprint density at radius 2 is 1.69 bits per heavy atom. The molecule has 1 amide bonds. The van der Waals surface area contributed by atoms with Gasteiger partial charge < -0.3 is 10.1 Å². The average molecular weight is 522 g/mol. The van der Waals surface area contributed by atoms with Crippen LogP contribution in [-0.4, -0.2) is 66.2 Å². The number of amides is 1. The highest BCUT2D eigenvalue weighted by molar-refractivity contribution is 7.92. The third-order valence-electron chi connectivity index (χ3n) is 4.61. The molecule has 2 aromatic rings. The average Bonchev–Trinajstić information content (AvgIpc) is 2.73. The van der Waals surface area contributed by atoms with Crippen molar-refractivity contribution in [1.29, 1.82) is 0 Å². The SMILES string of the molecule is CS(=O)(=O)N(CC(=O)Nc1ccc(S(=O)(=O)N2CCOCC2)cc1)c1ccc(Cl)cc1Cl. The molecular weight excluding hydrogens is 501 g/mol. The highest BCUT2D eigenvalue weighted by Gasteiger charge is 2.26. The fourth-order valence-electron chi connectivity index (χ4n) is 3.04. The standard InChI is InChI=1S/C19H21Cl2N3O6S2/c1-31(26,27)24(18-7-2-14(20)12-17(18)21)13-19(25)22-15-3-5-16(6-4-15)32(28,29)23-8-10-30-11-9-23/h2-7,12H,8-11,13H2,1H3,(H,22,25). The molecule has 0 saturated carbocycles. The zero-order valence-corrected chi connectivity index (χ0v) is 20.1. The second kappa shape index (κ2) is 9.94. The van der Waals surface area contributed by atoms with Crippen molar-refractivity contribution in [2.75, 3.05) is 48.7 Å². The van der Waals surface area contributed by atoms with Crippen LogP contribution in [0.25, 0.3) is 0 Å². The molecule has 0 aromatic heterocycles. The molecule has 1 aliphatic rings. The summed E-state index contributed by atoms with van der Waals surface area (Å²) in [7, 11) is -7.49. The molecule has 1 N–H and O–H groups in total. The Kier molecular flexibility index (Phi) is 7.69. The minimum Gasteiger partial charge on any atom is -0.379 e. The lowest BCUT2D eigenvalue weighted by molar-refractivity contribution is -0.114. The molecular formula is C19H21Cl2N3O6S2. The molecule has 0 bridgehead atoms. The number of hydrogen-bond donors (Lipinski definition) is 1. The van der Waals surface area contributed by atoms with E-state index in [-0.39, 0.29) is 28.7 Å². The Bertz CT molecular complexity index is 1200. The van der Waals surface area contributed by atoms with E-state index in [1.54, 1.807) is 0 Å². The molecule has 1 fully saturated rings. The Balaban J connectivity index is 1.73. The number of nitrogens with one attached hydrogen (secondary N) is 1. The largest absolute Gasteiger partial charge is 0.379 e. The summed E-state index contributed by atoms with van der Waals surface area (Å²) in [4.78, 5) is 12.6. The highest BCUT2D eigenvalue weighted by atomic mass is 35.5. The molecule has 2 aromatic carbocycles. The van der Waals surface area contributed by atoms with Gasteiger partial charge in [-0.25, -0.2) is 16.8 Å². The zero-order valence-electron chi connectivity index (χ0n) is 17.0. The van der Waals surface area contributed by atoms with Crippen molar-refractivity contribution in [3.8, 4) is 0 Å². The number of morpholine rings is 1. The molecule has 32 heavy (non-hydrogen) atoms. The summed E-state index contributed by atoms with van der Waals surface area (Å²) >= 11 is 12.0. The molecule has 0 radical (unpaired) electrons. The number of carbonyl (C=O) groups excluding carboxylic acids is 1. The van der Waals surface area contributed by atoms with Crippen LogP contribution in [-0.2, 0) is 29.6 Å². The summed E-state index contributed by atoms with van der Waals surface area (Å²) in [5.74, 6) is -0.634. The maximum atomic E-state index is 12.7. The van der Waals surface area contributed by atoms with E-state index < -0.39 is 32.5 Å². The minimum absolute atomic E-state index is 0.0772. The fourth-order valence-corrected chi connectivity index (χ4v) is 5.88. The van der Waals surface area contributed by atoms with Crippen LogP contribution in [0, 0.1) is 0 Å². The first-order valence-electron chi connectivity index (χ1n) is 9.39. The molecule has 13 heteroatoms. The number of hydrogen-bond acceptors (Lipinski definition) is 6. The number of rotatable bonds is 7. The Labute approximate surface area is 197 Å². The Hall–Kier alpha value is -1.89. The Morgan fingerprint density at radius 1 is 1.06 bits per heavy atom. The molecule has 9 nitrogen and oxygen atoms in total. The van der Waals surface area contributed by atoms with Crippen molar-refractivity contribution < 1.29 is 26.4 Å². The van der Waals surface area contributed by atoms with Crippen molar-refractivity contribution >= 4 is 60.5 Å². The summed E-state index contributed by atoms with van der Waals surface area (Å²) in [6.45, 7) is 0.683. The van der Waals surface area contributed by atoms with Gasteiger partial charge in [0.1, 0.15) is 6.54 Å². The highest BCUT2D eigenvalue weighted by Crippen LogP contribution is 2.30. The number of sulfonamides is 2. The van der Waals surface area contributed by atoms with E-state index in [0.29, 0.717) is 23.9 Å². The lowest BCUT2D eigenvalue weighted by Crippen LogP contribution is -2.40. The minimum atomic E-state index is -3.83. The van der Waals surface area contributed by atoms with Crippen molar-refractivity contribution in [2.45, 2.75) is 4.90 Å². The van der Waals surface area contributed by atoms with E-state index >= 15 is 0 Å². The van der Waals surface area contributed by atoms with Crippen LogP contribution >= 0.6 is 23.2 Å². The van der Waals surface area contributed by atoms with Gasteiger partial charge in [0.15, 0.2) is 0 Å². The summed E-state index contributed by atoms with van der Waals surface area (Å²) in [6, 6.07) is 9.88. The number of nitrogens with zero attached hydrogens (tertiary/aromatic N) is 2. The maximum absolute atomic E-state index is 12.7. The first-order valence-corrected chi connectivity index (χ1v) is 13.4. The third-order valence-corrected chi connectivity index (χ3v) is 8.19. The molecule has 1 heterocycles. The second-order valence-electron chi connectivity index (χ2n) is 6.95. The van der Waals surface area contributed by atoms with E-state index in [1.165, 1.54) is 46.8 Å². The number of benzene rings is 2. The van der Waals surface area contributed by atoms with E-state index in [1.807, 2.05) is 0 Å². The van der Waals surface area contributed by atoms with Gasteiger partial charge in [0, 0.05) is 23.8 Å². The second-order valence-corrected chi connectivity index (χ2v) is 11.6. The maximum Gasteiger partial charge on any atom is 0.245 e. The molecule has 174 valence electrons. The first-order chi connectivity index (χ1) is 15.0. The number of carbonyl (C=O) groups is 1. The van der Waals surface area contributed by atoms with E-state index in [4.69, 9.17) is 27.9 Å². The van der Waals surface area contributed by atoms with Gasteiger partial charge in [-0.05, 0) is 42.5 Å². The van der Waals surface area contributed by atoms with Gasteiger partial charge in [0.05, 0.1) is 35.1 Å². The van der Waals surface area contributed by atoms with Gasteiger partial charge in [-0.3, -0.25) is 9.10 Å². The Morgan fingerprint density at radius 3 is 2.25 bits per heavy atom. The van der Waals surface area contributed by atoms with Crippen LogP contribution in [0.2, 0.25) is 10.0 Å². The van der Waals surface area contributed by atoms with Crippen LogP contribution in [0.4, 0.5) is 11.4 Å². The van der Waals surface area contributed by atoms with Gasteiger partial charge >= 0.3 is 0 Å². The summed E-state index contributed by atoms with van der Waals surface area (Å²) in [6.07, 6.45) is 0.955. The van der Waals surface area contributed by atoms with Crippen molar-refractivity contribution in [1.82, 2.24) is 4.31 Å². The van der Waals surface area contributed by atoms with Crippen LogP contribution in [0.1, 0.15) is 0 Å². The van der Waals surface area contributed by atoms with Gasteiger partial charge in [0.2, 0.25) is 26.0 Å². The topological polar surface area (TPSA) is 113 Å². The summed E-state index contributed by atoms with van der Waals surface area (Å²) < 4.78 is 57.2. The predicted octanol–water partition coefficient (Wildman–Crippen LogP) is 2.42. The van der Waals surface area contributed by atoms with Gasteiger partial charge in [-0.1, -0.05) is 23.2 Å². The summed E-state index contributed by atoms with van der Waals surface area (Å²) in [5, 5.41) is 2.96. The monoisotopic (exact) mass is 521 g/mol. The lowest BCUT2D eigenvalue weighted by Gasteiger charge is -2.26. The van der Waals surface area contributed by atoms with E-state index in [2.05, 4.69) is 5.32 Å². The van der Waals surface area contributed by atoms with Crippen LogP contribution < -0.4 is 9.62 Å². The van der Waals surface area contributed by atoms with Crippen molar-refractivity contribution in [2.24, 2.45) is 0 Å². The third kappa shape index (κ3) is 5.91.